The molecule has 0 bridgehead atoms. The topological polar surface area (TPSA) is 65.7 Å². The van der Waals surface area contributed by atoms with Gasteiger partial charge in [0.2, 0.25) is 0 Å². The summed E-state index contributed by atoms with van der Waals surface area (Å²) in [5, 5.41) is 0.712. The number of rotatable bonds is 5. The second kappa shape index (κ2) is 7.44. The largest absolute Gasteiger partial charge is 0.497 e. The highest BCUT2D eigenvalue weighted by molar-refractivity contribution is 5.82. The third kappa shape index (κ3) is 3.94. The molecule has 5 nitrogen and oxygen atoms in total. The molecule has 0 aliphatic rings. The quantitative estimate of drug-likeness (QED) is 0.517. The number of hydrogen-bond acceptors (Lipinski definition) is 5. The Morgan fingerprint density at radius 2 is 1.85 bits per heavy atom. The monoisotopic (exact) mass is 352 g/mol. The third-order valence-electron chi connectivity index (χ3n) is 4.35. The first-order chi connectivity index (χ1) is 12.5. The van der Waals surface area contributed by atoms with Gasteiger partial charge in [0, 0.05) is 23.1 Å². The summed E-state index contributed by atoms with van der Waals surface area (Å²) < 4.78 is 15.7. The summed E-state index contributed by atoms with van der Waals surface area (Å²) in [5.74, 6) is 0.243. The fourth-order valence-corrected chi connectivity index (χ4v) is 2.75. The summed E-state index contributed by atoms with van der Waals surface area (Å²) >= 11 is 0. The lowest BCUT2D eigenvalue weighted by Crippen LogP contribution is -2.10. The van der Waals surface area contributed by atoms with Crippen LogP contribution in [0.4, 0.5) is 0 Å². The summed E-state index contributed by atoms with van der Waals surface area (Å²) in [6, 6.07) is 12.4. The molecule has 5 heteroatoms. The summed E-state index contributed by atoms with van der Waals surface area (Å²) in [4.78, 5) is 23.9. The van der Waals surface area contributed by atoms with Gasteiger partial charge in [-0.25, -0.2) is 4.79 Å². The lowest BCUT2D eigenvalue weighted by Gasteiger charge is -2.09. The van der Waals surface area contributed by atoms with Gasteiger partial charge in [0.15, 0.2) is 0 Å². The molecular weight excluding hydrogens is 332 g/mol. The minimum Gasteiger partial charge on any atom is -0.497 e. The molecule has 0 amide bonds. The number of esters is 1. The molecule has 0 N–H and O–H groups in total. The van der Waals surface area contributed by atoms with Crippen LogP contribution in [0.1, 0.15) is 22.3 Å². The summed E-state index contributed by atoms with van der Waals surface area (Å²) in [6.07, 6.45) is 0.189. The Hall–Kier alpha value is -3.08. The molecule has 0 fully saturated rings. The molecule has 0 unspecified atom stereocenters. The van der Waals surface area contributed by atoms with E-state index in [-0.39, 0.29) is 19.0 Å². The van der Waals surface area contributed by atoms with Crippen molar-refractivity contribution in [2.75, 3.05) is 7.11 Å². The van der Waals surface area contributed by atoms with Crippen LogP contribution in [-0.2, 0) is 22.6 Å². The number of methoxy groups -OCH3 is 1. The SMILES string of the molecule is COc1ccc2c(COC(=O)Cc3ccc(C)c(C)c3)cc(=O)oc2c1. The molecule has 134 valence electrons. The zero-order valence-electron chi connectivity index (χ0n) is 15.0. The average molecular weight is 352 g/mol. The van der Waals surface area contributed by atoms with Gasteiger partial charge in [-0.3, -0.25) is 4.79 Å². The van der Waals surface area contributed by atoms with Gasteiger partial charge in [0.25, 0.3) is 0 Å². The van der Waals surface area contributed by atoms with E-state index in [1.54, 1.807) is 18.2 Å². The van der Waals surface area contributed by atoms with Crippen molar-refractivity contribution in [3.05, 3.63) is 75.1 Å². The average Bonchev–Trinajstić information content (AvgIpc) is 2.62. The fraction of sp³-hybridized carbons (Fsp3) is 0.238. The summed E-state index contributed by atoms with van der Waals surface area (Å²) in [5.41, 5.74) is 3.73. The smallest absolute Gasteiger partial charge is 0.336 e. The lowest BCUT2D eigenvalue weighted by molar-refractivity contribution is -0.144. The van der Waals surface area contributed by atoms with E-state index in [1.165, 1.54) is 18.7 Å². The third-order valence-corrected chi connectivity index (χ3v) is 4.35. The van der Waals surface area contributed by atoms with Crippen molar-refractivity contribution in [2.24, 2.45) is 0 Å². The first-order valence-electron chi connectivity index (χ1n) is 8.29. The predicted octanol–water partition coefficient (Wildman–Crippen LogP) is 3.70. The van der Waals surface area contributed by atoms with E-state index in [2.05, 4.69) is 0 Å². The van der Waals surface area contributed by atoms with Crippen LogP contribution in [0, 0.1) is 13.8 Å². The highest BCUT2D eigenvalue weighted by Crippen LogP contribution is 2.23. The number of benzene rings is 2. The van der Waals surface area contributed by atoms with Gasteiger partial charge in [0.05, 0.1) is 13.5 Å². The Morgan fingerprint density at radius 1 is 1.04 bits per heavy atom. The molecule has 3 rings (SSSR count). The molecule has 2 aromatic carbocycles. The van der Waals surface area contributed by atoms with Crippen LogP contribution in [0.2, 0.25) is 0 Å². The Kier molecular flexibility index (Phi) is 5.07. The van der Waals surface area contributed by atoms with Crippen LogP contribution in [0.3, 0.4) is 0 Å². The van der Waals surface area contributed by atoms with E-state index in [1.807, 2.05) is 32.0 Å². The van der Waals surface area contributed by atoms with Crippen molar-refractivity contribution in [3.63, 3.8) is 0 Å². The molecule has 0 spiro atoms. The van der Waals surface area contributed by atoms with Crippen LogP contribution >= 0.6 is 0 Å². The maximum atomic E-state index is 12.2. The van der Waals surface area contributed by atoms with E-state index < -0.39 is 5.63 Å². The number of fused-ring (bicyclic) bond motifs is 1. The van der Waals surface area contributed by atoms with E-state index >= 15 is 0 Å². The normalized spacial score (nSPS) is 10.7. The van der Waals surface area contributed by atoms with Crippen LogP contribution in [0.25, 0.3) is 11.0 Å². The molecule has 1 aromatic heterocycles. The predicted molar refractivity (Wildman–Crippen MR) is 98.5 cm³/mol. The Labute approximate surface area is 151 Å². The summed E-state index contributed by atoms with van der Waals surface area (Å²) in [7, 11) is 1.54. The van der Waals surface area contributed by atoms with Gasteiger partial charge in [0.1, 0.15) is 17.9 Å². The number of ether oxygens (including phenoxy) is 2. The maximum Gasteiger partial charge on any atom is 0.336 e. The van der Waals surface area contributed by atoms with Crippen molar-refractivity contribution < 1.29 is 18.7 Å². The van der Waals surface area contributed by atoms with Gasteiger partial charge >= 0.3 is 11.6 Å². The van der Waals surface area contributed by atoms with Gasteiger partial charge in [-0.15, -0.1) is 0 Å². The zero-order valence-corrected chi connectivity index (χ0v) is 15.0. The lowest BCUT2D eigenvalue weighted by atomic mass is 10.0. The van der Waals surface area contributed by atoms with Crippen LogP contribution in [0.5, 0.6) is 5.75 Å². The van der Waals surface area contributed by atoms with E-state index in [4.69, 9.17) is 13.9 Å². The maximum absolute atomic E-state index is 12.2. The Bertz CT molecular complexity index is 1020. The van der Waals surface area contributed by atoms with Crippen LogP contribution in [0.15, 0.2) is 51.7 Å². The minimum atomic E-state index is -0.494. The molecule has 26 heavy (non-hydrogen) atoms. The van der Waals surface area contributed by atoms with Crippen molar-refractivity contribution >= 4 is 16.9 Å². The van der Waals surface area contributed by atoms with Crippen molar-refractivity contribution in [1.29, 1.82) is 0 Å². The molecule has 0 aliphatic heterocycles. The van der Waals surface area contributed by atoms with E-state index in [9.17, 15) is 9.59 Å². The first kappa shape index (κ1) is 17.7. The molecule has 3 aromatic rings. The minimum absolute atomic E-state index is 0.0120. The highest BCUT2D eigenvalue weighted by atomic mass is 16.5. The molecule has 0 radical (unpaired) electrons. The van der Waals surface area contributed by atoms with Gasteiger partial charge in [-0.1, -0.05) is 18.2 Å². The first-order valence-corrected chi connectivity index (χ1v) is 8.29. The fourth-order valence-electron chi connectivity index (χ4n) is 2.75. The Balaban J connectivity index is 1.75. The molecule has 0 aliphatic carbocycles. The van der Waals surface area contributed by atoms with Crippen molar-refractivity contribution in [3.8, 4) is 5.75 Å². The Morgan fingerprint density at radius 3 is 2.58 bits per heavy atom. The van der Waals surface area contributed by atoms with Crippen LogP contribution in [-0.4, -0.2) is 13.1 Å². The standard InChI is InChI=1S/C21H20O5/c1-13-4-5-15(8-14(13)2)9-20(22)25-12-16-10-21(23)26-19-11-17(24-3)6-7-18(16)19/h4-8,10-11H,9,12H2,1-3H3. The zero-order chi connectivity index (χ0) is 18.7. The summed E-state index contributed by atoms with van der Waals surface area (Å²) in [6.45, 7) is 4.05. The van der Waals surface area contributed by atoms with Crippen molar-refractivity contribution in [2.45, 2.75) is 26.9 Å². The second-order valence-electron chi connectivity index (χ2n) is 6.21. The number of carbonyl (C=O) groups is 1. The van der Waals surface area contributed by atoms with Crippen molar-refractivity contribution in [1.82, 2.24) is 0 Å². The molecular formula is C21H20O5. The van der Waals surface area contributed by atoms with Crippen LogP contribution < -0.4 is 10.4 Å². The number of aryl methyl sites for hydroxylation is 2. The molecule has 0 atom stereocenters. The molecule has 1 heterocycles. The van der Waals surface area contributed by atoms with Gasteiger partial charge in [-0.05, 0) is 42.7 Å². The van der Waals surface area contributed by atoms with Gasteiger partial charge < -0.3 is 13.9 Å². The molecule has 0 saturated heterocycles. The number of hydrogen-bond donors (Lipinski definition) is 0. The van der Waals surface area contributed by atoms with Gasteiger partial charge in [-0.2, -0.15) is 0 Å². The second-order valence-corrected chi connectivity index (χ2v) is 6.21. The number of carbonyl (C=O) groups excluding carboxylic acids is 1. The molecule has 0 saturated carbocycles. The van der Waals surface area contributed by atoms with E-state index in [0.29, 0.717) is 22.3 Å². The highest BCUT2D eigenvalue weighted by Gasteiger charge is 2.11. The van der Waals surface area contributed by atoms with E-state index in [0.717, 1.165) is 11.1 Å².